The van der Waals surface area contributed by atoms with Gasteiger partial charge in [-0.1, -0.05) is 48.7 Å². The molecular formula is C17H19F2NO. The van der Waals surface area contributed by atoms with Gasteiger partial charge in [-0.3, -0.25) is 4.79 Å². The van der Waals surface area contributed by atoms with E-state index < -0.39 is 11.8 Å². The second kappa shape index (κ2) is 5.24. The number of hydrogen-bond acceptors (Lipinski definition) is 1. The minimum atomic E-state index is -2.64. The van der Waals surface area contributed by atoms with E-state index >= 15 is 0 Å². The van der Waals surface area contributed by atoms with Crippen LogP contribution in [0.15, 0.2) is 36.0 Å². The number of hydrogen-bond donors (Lipinski definition) is 1. The summed E-state index contributed by atoms with van der Waals surface area (Å²) in [5.74, 6) is -0.485. The molecule has 1 atom stereocenters. The monoisotopic (exact) mass is 291 g/mol. The van der Waals surface area contributed by atoms with Crippen molar-refractivity contribution >= 4 is 5.91 Å². The Morgan fingerprint density at radius 3 is 2.38 bits per heavy atom. The Balaban J connectivity index is 2.07. The molecule has 0 bridgehead atoms. The molecule has 1 saturated carbocycles. The van der Waals surface area contributed by atoms with E-state index in [1.165, 1.54) is 0 Å². The molecule has 1 aliphatic carbocycles. The van der Waals surface area contributed by atoms with E-state index in [2.05, 4.69) is 5.32 Å². The molecule has 4 heteroatoms. The molecule has 1 aromatic rings. The smallest absolute Gasteiger partial charge is 0.278 e. The molecule has 0 aromatic heterocycles. The van der Waals surface area contributed by atoms with Gasteiger partial charge in [-0.15, -0.1) is 0 Å². The number of carbonyl (C=O) groups is 1. The number of alkyl halides is 2. The molecule has 0 radical (unpaired) electrons. The number of amides is 1. The Bertz CT molecular complexity index is 571. The van der Waals surface area contributed by atoms with Crippen molar-refractivity contribution in [3.05, 3.63) is 47.2 Å². The number of nitrogens with one attached hydrogen (secondary N) is 1. The van der Waals surface area contributed by atoms with Crippen LogP contribution >= 0.6 is 0 Å². The topological polar surface area (TPSA) is 29.1 Å². The van der Waals surface area contributed by atoms with E-state index in [-0.39, 0.29) is 17.5 Å². The Kier molecular flexibility index (Phi) is 3.56. The van der Waals surface area contributed by atoms with Crippen molar-refractivity contribution in [1.82, 2.24) is 5.32 Å². The first-order valence-corrected chi connectivity index (χ1v) is 7.41. The first-order valence-electron chi connectivity index (χ1n) is 7.41. The maximum atomic E-state index is 13.0. The van der Waals surface area contributed by atoms with E-state index in [1.54, 1.807) is 6.08 Å². The highest BCUT2D eigenvalue weighted by molar-refractivity contribution is 5.87. The number of benzene rings is 1. The summed E-state index contributed by atoms with van der Waals surface area (Å²) < 4.78 is 26.1. The fourth-order valence-electron chi connectivity index (χ4n) is 3.64. The average molecular weight is 291 g/mol. The van der Waals surface area contributed by atoms with Crippen molar-refractivity contribution in [3.8, 4) is 0 Å². The normalized spacial score (nSPS) is 24.3. The highest BCUT2D eigenvalue weighted by Crippen LogP contribution is 2.52. The van der Waals surface area contributed by atoms with Gasteiger partial charge < -0.3 is 5.32 Å². The number of allylic oxidation sites excluding steroid dienone is 2. The molecule has 112 valence electrons. The van der Waals surface area contributed by atoms with Crippen LogP contribution in [0, 0.1) is 12.3 Å². The van der Waals surface area contributed by atoms with Crippen LogP contribution in [0.2, 0.25) is 0 Å². The van der Waals surface area contributed by atoms with Crippen molar-refractivity contribution < 1.29 is 13.6 Å². The van der Waals surface area contributed by atoms with Crippen LogP contribution in [-0.4, -0.2) is 12.3 Å². The molecule has 1 unspecified atom stereocenters. The average Bonchev–Trinajstić information content (AvgIpc) is 2.93. The van der Waals surface area contributed by atoms with E-state index in [1.807, 2.05) is 31.2 Å². The van der Waals surface area contributed by atoms with Crippen LogP contribution in [0.4, 0.5) is 8.78 Å². The fraction of sp³-hybridized carbons (Fsp3) is 0.471. The molecule has 3 rings (SSSR count). The maximum absolute atomic E-state index is 13.0. The van der Waals surface area contributed by atoms with Gasteiger partial charge >= 0.3 is 0 Å². The predicted molar refractivity (Wildman–Crippen MR) is 77.1 cm³/mol. The van der Waals surface area contributed by atoms with Gasteiger partial charge in [0.2, 0.25) is 5.91 Å². The van der Waals surface area contributed by atoms with Crippen LogP contribution in [0.3, 0.4) is 0 Å². The zero-order valence-electron chi connectivity index (χ0n) is 12.0. The van der Waals surface area contributed by atoms with Gasteiger partial charge in [-0.25, -0.2) is 8.78 Å². The Morgan fingerprint density at radius 2 is 1.81 bits per heavy atom. The van der Waals surface area contributed by atoms with Crippen molar-refractivity contribution in [2.75, 3.05) is 0 Å². The molecule has 1 aromatic carbocycles. The molecule has 21 heavy (non-hydrogen) atoms. The van der Waals surface area contributed by atoms with Crippen molar-refractivity contribution in [1.29, 1.82) is 0 Å². The largest absolute Gasteiger partial charge is 0.324 e. The summed E-state index contributed by atoms with van der Waals surface area (Å²) in [6, 6.07) is 7.86. The number of rotatable bonds is 2. The molecule has 2 aliphatic rings. The molecule has 1 amide bonds. The van der Waals surface area contributed by atoms with E-state index in [0.717, 1.165) is 36.8 Å². The minimum absolute atomic E-state index is 0.233. The molecule has 1 fully saturated rings. The molecule has 1 heterocycles. The standard InChI is InChI=1S/C17H19F2NO/c1-11-4-6-12(7-5-11)13-10-14(15(18)19)20-16(21)17(13)8-2-3-9-17/h4-7,10,13,15H,2-3,8-9H2,1H3,(H,20,21). The van der Waals surface area contributed by atoms with Crippen molar-refractivity contribution in [2.24, 2.45) is 5.41 Å². The molecule has 1 aliphatic heterocycles. The third kappa shape index (κ3) is 2.37. The second-order valence-electron chi connectivity index (χ2n) is 6.13. The van der Waals surface area contributed by atoms with E-state index in [9.17, 15) is 13.6 Å². The van der Waals surface area contributed by atoms with Crippen LogP contribution in [-0.2, 0) is 4.79 Å². The highest BCUT2D eigenvalue weighted by Gasteiger charge is 2.50. The van der Waals surface area contributed by atoms with Crippen LogP contribution in [0.1, 0.15) is 42.7 Å². The Labute approximate surface area is 123 Å². The molecule has 0 saturated heterocycles. The lowest BCUT2D eigenvalue weighted by molar-refractivity contribution is -0.132. The summed E-state index contributed by atoms with van der Waals surface area (Å²) in [5, 5.41) is 2.43. The molecular weight excluding hydrogens is 272 g/mol. The van der Waals surface area contributed by atoms with Crippen LogP contribution in [0.25, 0.3) is 0 Å². The molecule has 1 N–H and O–H groups in total. The van der Waals surface area contributed by atoms with E-state index in [4.69, 9.17) is 0 Å². The second-order valence-corrected chi connectivity index (χ2v) is 6.13. The highest BCUT2D eigenvalue weighted by atomic mass is 19.3. The van der Waals surface area contributed by atoms with Gasteiger partial charge in [-0.2, -0.15) is 0 Å². The minimum Gasteiger partial charge on any atom is -0.324 e. The molecule has 2 nitrogen and oxygen atoms in total. The van der Waals surface area contributed by atoms with E-state index in [0.29, 0.717) is 0 Å². The number of halogens is 2. The molecule has 1 spiro atoms. The fourth-order valence-corrected chi connectivity index (χ4v) is 3.64. The third-order valence-electron chi connectivity index (χ3n) is 4.82. The number of carbonyl (C=O) groups excluding carboxylic acids is 1. The Hall–Kier alpha value is -1.71. The quantitative estimate of drug-likeness (QED) is 0.879. The van der Waals surface area contributed by atoms with Crippen molar-refractivity contribution in [3.63, 3.8) is 0 Å². The van der Waals surface area contributed by atoms with Crippen molar-refractivity contribution in [2.45, 2.75) is 45.0 Å². The SMILES string of the molecule is Cc1ccc(C2C=C(C(F)F)NC(=O)C23CCCC3)cc1. The lowest BCUT2D eigenvalue weighted by Crippen LogP contribution is -2.47. The summed E-state index contributed by atoms with van der Waals surface area (Å²) in [6.45, 7) is 1.99. The summed E-state index contributed by atoms with van der Waals surface area (Å²) >= 11 is 0. The number of aryl methyl sites for hydroxylation is 1. The van der Waals surface area contributed by atoms with Crippen LogP contribution < -0.4 is 5.32 Å². The first-order chi connectivity index (χ1) is 10.0. The maximum Gasteiger partial charge on any atom is 0.278 e. The lowest BCUT2D eigenvalue weighted by Gasteiger charge is -2.39. The van der Waals surface area contributed by atoms with Gasteiger partial charge in [0.15, 0.2) is 0 Å². The van der Waals surface area contributed by atoms with Gasteiger partial charge in [0.1, 0.15) is 0 Å². The van der Waals surface area contributed by atoms with Gasteiger partial charge in [0.05, 0.1) is 11.1 Å². The van der Waals surface area contributed by atoms with Gasteiger partial charge in [0.25, 0.3) is 6.43 Å². The van der Waals surface area contributed by atoms with Gasteiger partial charge in [-0.05, 0) is 25.3 Å². The van der Waals surface area contributed by atoms with Gasteiger partial charge in [0, 0.05) is 5.92 Å². The zero-order valence-corrected chi connectivity index (χ0v) is 12.0. The summed E-state index contributed by atoms with van der Waals surface area (Å²) in [5.41, 5.74) is 1.28. The summed E-state index contributed by atoms with van der Waals surface area (Å²) in [4.78, 5) is 12.5. The summed E-state index contributed by atoms with van der Waals surface area (Å²) in [7, 11) is 0. The third-order valence-corrected chi connectivity index (χ3v) is 4.82. The predicted octanol–water partition coefficient (Wildman–Crippen LogP) is 3.92. The van der Waals surface area contributed by atoms with Crippen LogP contribution in [0.5, 0.6) is 0 Å². The lowest BCUT2D eigenvalue weighted by atomic mass is 9.68. The summed E-state index contributed by atoms with van der Waals surface area (Å²) in [6.07, 6.45) is 2.43. The Morgan fingerprint density at radius 1 is 1.19 bits per heavy atom. The first kappa shape index (κ1) is 14.2. The zero-order chi connectivity index (χ0) is 15.0.